The number of hydrogen-bond donors (Lipinski definition) is 3. The second kappa shape index (κ2) is 7.04. The van der Waals surface area contributed by atoms with Gasteiger partial charge in [0.15, 0.2) is 5.76 Å². The number of hydrogen-bond acceptors (Lipinski definition) is 4. The Balaban J connectivity index is 1.43. The van der Waals surface area contributed by atoms with Crippen molar-refractivity contribution < 1.29 is 19.4 Å². The summed E-state index contributed by atoms with van der Waals surface area (Å²) in [5.74, 6) is -0.762. The van der Waals surface area contributed by atoms with Crippen molar-refractivity contribution >= 4 is 22.6 Å². The molecule has 0 saturated heterocycles. The van der Waals surface area contributed by atoms with Crippen LogP contribution in [0.15, 0.2) is 53.8 Å². The molecule has 0 unspecified atom stereocenters. The summed E-state index contributed by atoms with van der Waals surface area (Å²) in [5, 5.41) is 16.8. The lowest BCUT2D eigenvalue weighted by atomic mass is 10.1. The van der Waals surface area contributed by atoms with Crippen molar-refractivity contribution in [3.05, 3.63) is 53.8 Å². The normalized spacial score (nSPS) is 13.9. The summed E-state index contributed by atoms with van der Waals surface area (Å²) in [4.78, 5) is 22.9. The number of fused-ring (bicyclic) bond motifs is 1. The van der Waals surface area contributed by atoms with Crippen LogP contribution in [0.5, 0.6) is 5.75 Å². The zero-order valence-corrected chi connectivity index (χ0v) is 13.0. The number of aliphatic hydroxyl groups excluding tert-OH is 1. The van der Waals surface area contributed by atoms with Gasteiger partial charge in [-0.25, -0.2) is 0 Å². The minimum atomic E-state index is -0.611. The number of ether oxygens (including phenoxy) is 1. The van der Waals surface area contributed by atoms with Crippen molar-refractivity contribution in [1.82, 2.24) is 10.6 Å². The van der Waals surface area contributed by atoms with E-state index in [4.69, 9.17) is 4.74 Å². The van der Waals surface area contributed by atoms with Gasteiger partial charge in [-0.3, -0.25) is 9.59 Å². The van der Waals surface area contributed by atoms with E-state index in [9.17, 15) is 14.7 Å². The minimum Gasteiger partial charge on any atom is -0.503 e. The molecule has 0 fully saturated rings. The molecule has 0 spiro atoms. The van der Waals surface area contributed by atoms with E-state index < -0.39 is 17.6 Å². The van der Waals surface area contributed by atoms with Crippen molar-refractivity contribution in [3.63, 3.8) is 0 Å². The lowest BCUT2D eigenvalue weighted by molar-refractivity contribution is -0.120. The number of carbonyl (C=O) groups excluding carboxylic acids is 2. The van der Waals surface area contributed by atoms with Crippen LogP contribution in [-0.2, 0) is 9.59 Å². The van der Waals surface area contributed by atoms with Gasteiger partial charge in [0.1, 0.15) is 5.75 Å². The molecule has 3 rings (SSSR count). The largest absolute Gasteiger partial charge is 0.503 e. The molecular weight excluding hydrogens is 308 g/mol. The van der Waals surface area contributed by atoms with Crippen LogP contribution < -0.4 is 15.4 Å². The maximum atomic E-state index is 11.8. The molecule has 1 aliphatic rings. The van der Waals surface area contributed by atoms with Gasteiger partial charge in [0.25, 0.3) is 11.8 Å². The summed E-state index contributed by atoms with van der Waals surface area (Å²) in [6.45, 7) is 0.919. The average Bonchev–Trinajstić information content (AvgIpc) is 2.93. The maximum absolute atomic E-state index is 11.8. The molecule has 0 aliphatic carbocycles. The first-order chi connectivity index (χ1) is 11.6. The average molecular weight is 326 g/mol. The lowest BCUT2D eigenvalue weighted by Gasteiger charge is -2.08. The van der Waals surface area contributed by atoms with Crippen LogP contribution >= 0.6 is 0 Å². The fourth-order valence-electron chi connectivity index (χ4n) is 2.49. The third kappa shape index (κ3) is 3.48. The van der Waals surface area contributed by atoms with Gasteiger partial charge in [-0.1, -0.05) is 30.3 Å². The van der Waals surface area contributed by atoms with Crippen LogP contribution in [-0.4, -0.2) is 36.6 Å². The van der Waals surface area contributed by atoms with E-state index in [2.05, 4.69) is 10.6 Å². The third-order valence-electron chi connectivity index (χ3n) is 3.80. The Bertz CT molecular complexity index is 814. The zero-order valence-electron chi connectivity index (χ0n) is 13.0. The van der Waals surface area contributed by atoms with Gasteiger partial charge in [-0.05, 0) is 29.3 Å². The molecular formula is C18H18N2O4. The summed E-state index contributed by atoms with van der Waals surface area (Å²) >= 11 is 0. The first kappa shape index (κ1) is 15.9. The van der Waals surface area contributed by atoms with Gasteiger partial charge in [-0.2, -0.15) is 0 Å². The number of rotatable bonds is 6. The van der Waals surface area contributed by atoms with Gasteiger partial charge in [-0.15, -0.1) is 0 Å². The highest BCUT2D eigenvalue weighted by Gasteiger charge is 2.26. The molecule has 2 amide bonds. The van der Waals surface area contributed by atoms with Crippen LogP contribution in [0.25, 0.3) is 10.8 Å². The second-order valence-electron chi connectivity index (χ2n) is 5.48. The molecule has 2 aromatic rings. The zero-order chi connectivity index (χ0) is 16.9. The predicted octanol–water partition coefficient (Wildman–Crippen LogP) is 1.67. The second-order valence-corrected chi connectivity index (χ2v) is 5.48. The van der Waals surface area contributed by atoms with E-state index >= 15 is 0 Å². The molecule has 124 valence electrons. The van der Waals surface area contributed by atoms with Gasteiger partial charge in [0.05, 0.1) is 18.7 Å². The van der Waals surface area contributed by atoms with Gasteiger partial charge >= 0.3 is 0 Å². The van der Waals surface area contributed by atoms with E-state index in [1.54, 1.807) is 0 Å². The van der Waals surface area contributed by atoms with Crippen molar-refractivity contribution in [2.75, 3.05) is 19.7 Å². The van der Waals surface area contributed by atoms with Crippen LogP contribution in [0.1, 0.15) is 6.42 Å². The fraction of sp³-hybridized carbons (Fsp3) is 0.222. The van der Waals surface area contributed by atoms with E-state index in [1.165, 1.54) is 0 Å². The monoisotopic (exact) mass is 326 g/mol. The summed E-state index contributed by atoms with van der Waals surface area (Å²) in [5.41, 5.74) is 0.0791. The summed E-state index contributed by atoms with van der Waals surface area (Å²) in [6.07, 6.45) is 0.619. The highest BCUT2D eigenvalue weighted by molar-refractivity contribution is 6.06. The first-order valence-electron chi connectivity index (χ1n) is 7.75. The number of carbonyl (C=O) groups is 2. The number of nitrogens with one attached hydrogen (secondary N) is 2. The highest BCUT2D eigenvalue weighted by atomic mass is 16.5. The van der Waals surface area contributed by atoms with Crippen LogP contribution in [0.3, 0.4) is 0 Å². The Labute approximate surface area is 139 Å². The molecule has 0 radical (unpaired) electrons. The SMILES string of the molecule is O=C1NCC(C(=O)NCCCOc2ccc3ccccc3c2)=C1O. The molecule has 0 atom stereocenters. The van der Waals surface area contributed by atoms with Crippen LogP contribution in [0, 0.1) is 0 Å². The molecule has 0 bridgehead atoms. The molecule has 2 aromatic carbocycles. The van der Waals surface area contributed by atoms with Crippen molar-refractivity contribution in [2.45, 2.75) is 6.42 Å². The highest BCUT2D eigenvalue weighted by Crippen LogP contribution is 2.20. The maximum Gasteiger partial charge on any atom is 0.286 e. The molecule has 0 saturated carbocycles. The Morgan fingerprint density at radius 2 is 2.00 bits per heavy atom. The predicted molar refractivity (Wildman–Crippen MR) is 89.7 cm³/mol. The lowest BCUT2D eigenvalue weighted by Crippen LogP contribution is -2.29. The van der Waals surface area contributed by atoms with Crippen LogP contribution in [0.2, 0.25) is 0 Å². The Kier molecular flexibility index (Phi) is 4.65. The number of aliphatic hydroxyl groups is 1. The topological polar surface area (TPSA) is 87.7 Å². The van der Waals surface area contributed by atoms with E-state index in [0.29, 0.717) is 19.6 Å². The van der Waals surface area contributed by atoms with Crippen molar-refractivity contribution in [3.8, 4) is 5.75 Å². The molecule has 24 heavy (non-hydrogen) atoms. The molecule has 1 aliphatic heterocycles. The molecule has 0 aromatic heterocycles. The van der Waals surface area contributed by atoms with E-state index in [1.807, 2.05) is 42.5 Å². The summed E-state index contributed by atoms with van der Waals surface area (Å²) in [6, 6.07) is 13.9. The van der Waals surface area contributed by atoms with Crippen molar-refractivity contribution in [1.29, 1.82) is 0 Å². The van der Waals surface area contributed by atoms with Gasteiger partial charge in [0, 0.05) is 6.54 Å². The Hall–Kier alpha value is -3.02. The Morgan fingerprint density at radius 3 is 2.75 bits per heavy atom. The third-order valence-corrected chi connectivity index (χ3v) is 3.80. The fourth-order valence-corrected chi connectivity index (χ4v) is 2.49. The van der Waals surface area contributed by atoms with Gasteiger partial charge < -0.3 is 20.5 Å². The quantitative estimate of drug-likeness (QED) is 0.705. The summed E-state index contributed by atoms with van der Waals surface area (Å²) < 4.78 is 5.68. The Morgan fingerprint density at radius 1 is 1.21 bits per heavy atom. The van der Waals surface area contributed by atoms with E-state index in [0.717, 1.165) is 16.5 Å². The van der Waals surface area contributed by atoms with Gasteiger partial charge in [0.2, 0.25) is 0 Å². The molecule has 6 heteroatoms. The van der Waals surface area contributed by atoms with E-state index in [-0.39, 0.29) is 12.1 Å². The van der Waals surface area contributed by atoms with Crippen molar-refractivity contribution in [2.24, 2.45) is 0 Å². The molecule has 3 N–H and O–H groups in total. The smallest absolute Gasteiger partial charge is 0.286 e. The van der Waals surface area contributed by atoms with Crippen LogP contribution in [0.4, 0.5) is 0 Å². The first-order valence-corrected chi connectivity index (χ1v) is 7.75. The summed E-state index contributed by atoms with van der Waals surface area (Å²) in [7, 11) is 0. The minimum absolute atomic E-state index is 0.0596. The molecule has 1 heterocycles. The number of amides is 2. The standard InChI is InChI=1S/C18H18N2O4/c21-16-15(11-20-18(16)23)17(22)19-8-3-9-24-14-7-6-12-4-1-2-5-13(12)10-14/h1-2,4-7,10,21H,3,8-9,11H2,(H,19,22)(H,20,23). The molecule has 6 nitrogen and oxygen atoms in total. The number of benzene rings is 2.